The normalized spacial score (nSPS) is 25.6. The fourth-order valence-electron chi connectivity index (χ4n) is 1.51. The molecule has 2 aliphatic heterocycles. The molecule has 0 saturated carbocycles. The molecule has 2 aliphatic rings. The third-order valence-corrected chi connectivity index (χ3v) is 2.25. The van der Waals surface area contributed by atoms with E-state index in [0.717, 1.165) is 0 Å². The number of aliphatic imine (C=N–C) groups is 1. The molecule has 0 spiro atoms. The highest BCUT2D eigenvalue weighted by Gasteiger charge is 2.73. The van der Waals surface area contributed by atoms with Crippen LogP contribution in [-0.4, -0.2) is 39.5 Å². The zero-order chi connectivity index (χ0) is 13.5. The van der Waals surface area contributed by atoms with Crippen molar-refractivity contribution in [2.75, 3.05) is 0 Å². The highest BCUT2D eigenvalue weighted by molar-refractivity contribution is 6.49. The van der Waals surface area contributed by atoms with E-state index in [1.54, 1.807) is 0 Å². The number of carbonyl (C=O) groups excluding carboxylic acids is 3. The zero-order valence-electron chi connectivity index (χ0n) is 8.41. The fourth-order valence-corrected chi connectivity index (χ4v) is 1.51. The molecule has 0 radical (unpaired) electrons. The van der Waals surface area contributed by atoms with Crippen molar-refractivity contribution in [3.63, 3.8) is 0 Å². The third-order valence-electron chi connectivity index (χ3n) is 2.25. The fraction of sp³-hybridized carbons (Fsp3) is 0.125. The van der Waals surface area contributed by atoms with E-state index in [0.29, 0.717) is 0 Å². The highest BCUT2D eigenvalue weighted by atomic mass is 16.2. The second kappa shape index (κ2) is 3.27. The lowest BCUT2D eigenvalue weighted by Gasteiger charge is -2.23. The van der Waals surface area contributed by atoms with Gasteiger partial charge >= 0.3 is 23.8 Å². The van der Waals surface area contributed by atoms with Crippen LogP contribution in [0.25, 0.3) is 14.8 Å². The second-order valence-electron chi connectivity index (χ2n) is 3.09. The van der Waals surface area contributed by atoms with Crippen LogP contribution in [0.1, 0.15) is 0 Å². The van der Waals surface area contributed by atoms with Gasteiger partial charge in [0.25, 0.3) is 5.71 Å². The summed E-state index contributed by atoms with van der Waals surface area (Å²) in [5.41, 5.74) is -0.658. The summed E-state index contributed by atoms with van der Waals surface area (Å²) in [6.07, 6.45) is 0. The first-order chi connectivity index (χ1) is 8.51. The van der Waals surface area contributed by atoms with E-state index in [2.05, 4.69) is 19.7 Å². The summed E-state index contributed by atoms with van der Waals surface area (Å²) < 4.78 is 0. The molecule has 0 aromatic carbocycles. The molecule has 0 aliphatic carbocycles. The molecule has 1 unspecified atom stereocenters. The molecule has 1 atom stereocenters. The molecule has 5 amide bonds. The first kappa shape index (κ1) is 11.0. The van der Waals surface area contributed by atoms with Gasteiger partial charge in [0.15, 0.2) is 0 Å². The molecular formula is C8HN7O3. The maximum atomic E-state index is 11.7. The molecule has 0 aromatic heterocycles. The van der Waals surface area contributed by atoms with E-state index in [-0.39, 0.29) is 10.0 Å². The lowest BCUT2D eigenvalue weighted by molar-refractivity contribution is -0.121. The lowest BCUT2D eigenvalue weighted by Crippen LogP contribution is -2.68. The van der Waals surface area contributed by atoms with Crippen molar-refractivity contribution in [2.24, 2.45) is 4.99 Å². The zero-order valence-corrected chi connectivity index (χ0v) is 8.41. The van der Waals surface area contributed by atoms with E-state index in [9.17, 15) is 14.4 Å². The maximum absolute atomic E-state index is 11.7. The Morgan fingerprint density at radius 1 is 1.17 bits per heavy atom. The molecule has 86 valence electrons. The Morgan fingerprint density at radius 3 is 2.33 bits per heavy atom. The van der Waals surface area contributed by atoms with Crippen molar-refractivity contribution in [1.29, 1.82) is 0 Å². The molecule has 2 heterocycles. The molecule has 1 fully saturated rings. The van der Waals surface area contributed by atoms with Gasteiger partial charge in [-0.1, -0.05) is 0 Å². The second-order valence-corrected chi connectivity index (χ2v) is 3.09. The summed E-state index contributed by atoms with van der Waals surface area (Å²) in [6, 6.07) is -2.33. The summed E-state index contributed by atoms with van der Waals surface area (Å²) in [4.78, 5) is 46.1. The van der Waals surface area contributed by atoms with Gasteiger partial charge in [0.05, 0.1) is 10.0 Å². The van der Waals surface area contributed by atoms with Crippen LogP contribution in [0.5, 0.6) is 0 Å². The van der Waals surface area contributed by atoms with Gasteiger partial charge in [0, 0.05) is 0 Å². The Balaban J connectivity index is 2.70. The Kier molecular flexibility index (Phi) is 2.01. The largest absolute Gasteiger partial charge is 0.507 e. The molecule has 1 N–H and O–H groups in total. The molecule has 1 saturated heterocycles. The first-order valence-corrected chi connectivity index (χ1v) is 4.25. The monoisotopic (exact) mass is 243 g/mol. The van der Waals surface area contributed by atoms with Crippen LogP contribution in [0.3, 0.4) is 0 Å². The third kappa shape index (κ3) is 1.02. The summed E-state index contributed by atoms with van der Waals surface area (Å²) >= 11 is 0. The van der Waals surface area contributed by atoms with Gasteiger partial charge in [0.2, 0.25) is 0 Å². The number of fused-ring (bicyclic) bond motifs is 1. The van der Waals surface area contributed by atoms with Gasteiger partial charge in [-0.15, -0.1) is 9.91 Å². The molecule has 0 aromatic rings. The van der Waals surface area contributed by atoms with E-state index < -0.39 is 29.5 Å². The van der Waals surface area contributed by atoms with Gasteiger partial charge in [-0.25, -0.2) is 21.5 Å². The Morgan fingerprint density at radius 2 is 1.83 bits per heavy atom. The van der Waals surface area contributed by atoms with Crippen molar-refractivity contribution in [3.05, 3.63) is 34.5 Å². The smallest absolute Gasteiger partial charge is 0.259 e. The molecule has 10 nitrogen and oxygen atoms in total. The molecule has 2 rings (SSSR count). The van der Waals surface area contributed by atoms with E-state index in [1.807, 2.05) is 5.32 Å². The van der Waals surface area contributed by atoms with Gasteiger partial charge in [-0.2, -0.15) is 18.1 Å². The van der Waals surface area contributed by atoms with Gasteiger partial charge in [-0.3, -0.25) is 9.64 Å². The molecule has 18 heavy (non-hydrogen) atoms. The van der Waals surface area contributed by atoms with Crippen LogP contribution >= 0.6 is 0 Å². The standard InChI is InChI=1S/C8HN7O3/c1-9-8-4(12-6(17)13-8)5(16)14(10-2)7(18)15(8)11-3/h(H,13,17). The number of nitrogens with zero attached hydrogens (tertiary/aromatic N) is 6. The van der Waals surface area contributed by atoms with Crippen molar-refractivity contribution in [3.8, 4) is 0 Å². The van der Waals surface area contributed by atoms with E-state index >= 15 is 0 Å². The summed E-state index contributed by atoms with van der Waals surface area (Å²) in [6.45, 7) is 20.5. The summed E-state index contributed by atoms with van der Waals surface area (Å²) in [5, 5.41) is 2.22. The maximum Gasteiger partial charge on any atom is 0.507 e. The van der Waals surface area contributed by atoms with E-state index in [4.69, 9.17) is 19.7 Å². The van der Waals surface area contributed by atoms with Crippen molar-refractivity contribution in [1.82, 2.24) is 15.3 Å². The number of imide groups is 1. The summed E-state index contributed by atoms with van der Waals surface area (Å²) in [5.74, 6) is -3.46. The van der Waals surface area contributed by atoms with Crippen molar-refractivity contribution >= 4 is 23.7 Å². The van der Waals surface area contributed by atoms with Crippen LogP contribution in [0.15, 0.2) is 4.99 Å². The molecule has 0 bridgehead atoms. The van der Waals surface area contributed by atoms with E-state index in [1.165, 1.54) is 0 Å². The van der Waals surface area contributed by atoms with Gasteiger partial charge < -0.3 is 0 Å². The predicted molar refractivity (Wildman–Crippen MR) is 52.6 cm³/mol. The van der Waals surface area contributed by atoms with Crippen LogP contribution in [0.2, 0.25) is 0 Å². The number of hydrogen-bond donors (Lipinski definition) is 1. The summed E-state index contributed by atoms with van der Waals surface area (Å²) in [7, 11) is 0. The lowest BCUT2D eigenvalue weighted by atomic mass is 10.1. The minimum atomic E-state index is -2.27. The van der Waals surface area contributed by atoms with Gasteiger partial charge in [0.1, 0.15) is 0 Å². The van der Waals surface area contributed by atoms with Crippen LogP contribution < -0.4 is 5.32 Å². The Labute approximate surface area is 99.5 Å². The van der Waals surface area contributed by atoms with Crippen LogP contribution in [0.4, 0.5) is 9.59 Å². The van der Waals surface area contributed by atoms with Crippen molar-refractivity contribution < 1.29 is 14.4 Å². The van der Waals surface area contributed by atoms with Gasteiger partial charge in [-0.05, 0) is 0 Å². The minimum absolute atomic E-state index is 0.0422. The number of urea groups is 2. The molecule has 10 heteroatoms. The molecular weight excluding hydrogens is 242 g/mol. The minimum Gasteiger partial charge on any atom is -0.259 e. The SMILES string of the molecule is [C-]#[N+]N1C(=O)C2=NC(=O)NC2([N+]#[C-])N([N+]#[C-])C1=O. The average Bonchev–Trinajstić information content (AvgIpc) is 2.68. The number of amides is 5. The highest BCUT2D eigenvalue weighted by Crippen LogP contribution is 2.29. The quantitative estimate of drug-likeness (QED) is 0.589. The number of rotatable bonds is 0. The van der Waals surface area contributed by atoms with Crippen molar-refractivity contribution in [2.45, 2.75) is 5.79 Å². The first-order valence-electron chi connectivity index (χ1n) is 4.25. The van der Waals surface area contributed by atoms with Crippen LogP contribution in [0, 0.1) is 19.7 Å². The number of carbonyl (C=O) groups is 3. The predicted octanol–water partition coefficient (Wildman–Crippen LogP) is -0.344. The Bertz CT molecular complexity index is 645. The van der Waals surface area contributed by atoms with Crippen LogP contribution in [-0.2, 0) is 4.79 Å². The topological polar surface area (TPSA) is 95.2 Å². The Hall–Kier alpha value is -3.45. The average molecular weight is 243 g/mol. The number of hydrogen-bond acceptors (Lipinski definition) is 3. The number of nitrogens with one attached hydrogen (secondary N) is 1.